The molecule has 0 atom stereocenters. The molecule has 1 aliphatic heterocycles. The molecule has 4 nitrogen and oxygen atoms in total. The molecule has 162 valence electrons. The van der Waals surface area contributed by atoms with Crippen molar-refractivity contribution in [2.45, 2.75) is 52.6 Å². The molecule has 1 amide bonds. The Hall–Kier alpha value is -2.33. The Morgan fingerprint density at radius 1 is 0.967 bits per heavy atom. The van der Waals surface area contributed by atoms with Crippen LogP contribution >= 0.6 is 0 Å². The zero-order valence-corrected chi connectivity index (χ0v) is 18.9. The smallest absolute Gasteiger partial charge is 0.253 e. The number of anilines is 1. The molecule has 0 bridgehead atoms. The fraction of sp³-hybridized carbons (Fsp3) is 0.500. The summed E-state index contributed by atoms with van der Waals surface area (Å²) >= 11 is 0. The van der Waals surface area contributed by atoms with Crippen LogP contribution in [-0.2, 0) is 6.54 Å². The van der Waals surface area contributed by atoms with Crippen LogP contribution in [0.2, 0.25) is 0 Å². The second-order valence-electron chi connectivity index (χ2n) is 8.21. The van der Waals surface area contributed by atoms with Crippen LogP contribution in [0.3, 0.4) is 0 Å². The van der Waals surface area contributed by atoms with Crippen molar-refractivity contribution in [1.82, 2.24) is 9.80 Å². The predicted octanol–water partition coefficient (Wildman–Crippen LogP) is 5.05. The number of nitrogens with zero attached hydrogens (tertiary/aromatic N) is 3. The molecule has 2 aromatic rings. The highest BCUT2D eigenvalue weighted by Gasteiger charge is 2.25. The van der Waals surface area contributed by atoms with Gasteiger partial charge < -0.3 is 14.7 Å². The first-order valence-electron chi connectivity index (χ1n) is 11.6. The fourth-order valence-corrected chi connectivity index (χ4v) is 4.49. The van der Waals surface area contributed by atoms with E-state index in [1.165, 1.54) is 31.4 Å². The summed E-state index contributed by atoms with van der Waals surface area (Å²) in [6.45, 7) is 12.2. The molecule has 30 heavy (non-hydrogen) atoms. The molecular formula is C26H37N3O. The Balaban J connectivity index is 1.85. The molecule has 1 saturated heterocycles. The minimum Gasteiger partial charge on any atom is -0.364 e. The van der Waals surface area contributed by atoms with Crippen LogP contribution in [0.1, 0.15) is 56.0 Å². The van der Waals surface area contributed by atoms with Crippen molar-refractivity contribution in [3.63, 3.8) is 0 Å². The van der Waals surface area contributed by atoms with Gasteiger partial charge in [-0.1, -0.05) is 43.3 Å². The summed E-state index contributed by atoms with van der Waals surface area (Å²) in [6.07, 6.45) is 3.55. The zero-order valence-electron chi connectivity index (χ0n) is 18.9. The largest absolute Gasteiger partial charge is 0.364 e. The van der Waals surface area contributed by atoms with Gasteiger partial charge in [0.15, 0.2) is 0 Å². The lowest BCUT2D eigenvalue weighted by Crippen LogP contribution is -2.45. The van der Waals surface area contributed by atoms with Gasteiger partial charge >= 0.3 is 0 Å². The average Bonchev–Trinajstić information content (AvgIpc) is 2.80. The monoisotopic (exact) mass is 407 g/mol. The van der Waals surface area contributed by atoms with Crippen LogP contribution in [0.4, 0.5) is 5.69 Å². The van der Waals surface area contributed by atoms with Gasteiger partial charge in [0.1, 0.15) is 0 Å². The number of likely N-dealkylation sites (tertiary alicyclic amines) is 1. The third kappa shape index (κ3) is 5.63. The van der Waals surface area contributed by atoms with Gasteiger partial charge in [-0.25, -0.2) is 0 Å². The van der Waals surface area contributed by atoms with Gasteiger partial charge in [-0.05, 0) is 63.4 Å². The Bertz CT molecular complexity index is 780. The third-order valence-electron chi connectivity index (χ3n) is 6.21. The number of piperidine rings is 1. The molecule has 2 aromatic carbocycles. The van der Waals surface area contributed by atoms with Gasteiger partial charge in [-0.2, -0.15) is 0 Å². The first kappa shape index (κ1) is 22.4. The first-order valence-corrected chi connectivity index (χ1v) is 11.6. The number of carbonyl (C=O) groups is 1. The highest BCUT2D eigenvalue weighted by molar-refractivity contribution is 5.95. The summed E-state index contributed by atoms with van der Waals surface area (Å²) in [4.78, 5) is 19.9. The van der Waals surface area contributed by atoms with Crippen molar-refractivity contribution in [2.75, 3.05) is 37.6 Å². The summed E-state index contributed by atoms with van der Waals surface area (Å²) in [5.41, 5.74) is 3.26. The van der Waals surface area contributed by atoms with Crippen LogP contribution < -0.4 is 4.90 Å². The summed E-state index contributed by atoms with van der Waals surface area (Å²) < 4.78 is 0. The zero-order chi connectivity index (χ0) is 21.3. The van der Waals surface area contributed by atoms with E-state index in [0.717, 1.165) is 44.0 Å². The van der Waals surface area contributed by atoms with Crippen molar-refractivity contribution < 1.29 is 4.79 Å². The van der Waals surface area contributed by atoms with E-state index in [-0.39, 0.29) is 5.91 Å². The SMILES string of the molecule is CCCN1CCC(N(Cc2ccccc2)c2cccc(C(=O)N(CC)CC)c2)CC1. The molecule has 4 heteroatoms. The molecular weight excluding hydrogens is 370 g/mol. The quantitative estimate of drug-likeness (QED) is 0.582. The topological polar surface area (TPSA) is 26.8 Å². The van der Waals surface area contributed by atoms with Crippen molar-refractivity contribution in [3.05, 3.63) is 65.7 Å². The second-order valence-corrected chi connectivity index (χ2v) is 8.21. The molecule has 1 aliphatic rings. The first-order chi connectivity index (χ1) is 14.7. The Kier molecular flexibility index (Phi) is 8.32. The van der Waals surface area contributed by atoms with Gasteiger partial charge in [0.05, 0.1) is 0 Å². The minimum atomic E-state index is 0.124. The van der Waals surface area contributed by atoms with Crippen LogP contribution in [-0.4, -0.2) is 54.5 Å². The highest BCUT2D eigenvalue weighted by Crippen LogP contribution is 2.27. The normalized spacial score (nSPS) is 15.2. The minimum absolute atomic E-state index is 0.124. The molecule has 0 spiro atoms. The lowest BCUT2D eigenvalue weighted by Gasteiger charge is -2.40. The summed E-state index contributed by atoms with van der Waals surface area (Å²) in [7, 11) is 0. The van der Waals surface area contributed by atoms with Crippen LogP contribution in [0, 0.1) is 0 Å². The average molecular weight is 408 g/mol. The molecule has 0 aromatic heterocycles. The molecule has 0 aliphatic carbocycles. The Morgan fingerprint density at radius 2 is 1.67 bits per heavy atom. The fourth-order valence-electron chi connectivity index (χ4n) is 4.49. The van der Waals surface area contributed by atoms with E-state index < -0.39 is 0 Å². The summed E-state index contributed by atoms with van der Waals surface area (Å²) in [5, 5.41) is 0. The molecule has 0 N–H and O–H groups in total. The standard InChI is InChI=1S/C26H37N3O/c1-4-17-27-18-15-24(16-19-27)29(21-22-11-8-7-9-12-22)25-14-10-13-23(20-25)26(30)28(5-2)6-3/h7-14,20,24H,4-6,15-19,21H2,1-3H3. The number of rotatable bonds is 9. The molecule has 0 unspecified atom stereocenters. The molecule has 0 saturated carbocycles. The Labute approximate surface area is 182 Å². The lowest BCUT2D eigenvalue weighted by atomic mass is 10.00. The molecule has 1 fully saturated rings. The predicted molar refractivity (Wildman–Crippen MR) is 126 cm³/mol. The number of amides is 1. The molecule has 3 rings (SSSR count). The number of hydrogen-bond donors (Lipinski definition) is 0. The summed E-state index contributed by atoms with van der Waals surface area (Å²) in [6, 6.07) is 19.4. The Morgan fingerprint density at radius 3 is 2.30 bits per heavy atom. The highest BCUT2D eigenvalue weighted by atomic mass is 16.2. The number of benzene rings is 2. The van der Waals surface area contributed by atoms with Gasteiger partial charge in [-0.3, -0.25) is 4.79 Å². The number of hydrogen-bond acceptors (Lipinski definition) is 3. The van der Waals surface area contributed by atoms with Crippen molar-refractivity contribution in [1.29, 1.82) is 0 Å². The maximum absolute atomic E-state index is 12.9. The van der Waals surface area contributed by atoms with Crippen molar-refractivity contribution in [3.8, 4) is 0 Å². The van der Waals surface area contributed by atoms with Gasteiger partial charge in [-0.15, -0.1) is 0 Å². The van der Waals surface area contributed by atoms with Crippen molar-refractivity contribution >= 4 is 11.6 Å². The van der Waals surface area contributed by atoms with E-state index in [1.54, 1.807) is 0 Å². The van der Waals surface area contributed by atoms with Gasteiger partial charge in [0.2, 0.25) is 0 Å². The third-order valence-corrected chi connectivity index (χ3v) is 6.21. The van der Waals surface area contributed by atoms with E-state index in [4.69, 9.17) is 0 Å². The number of carbonyl (C=O) groups excluding carboxylic acids is 1. The maximum atomic E-state index is 12.9. The van der Waals surface area contributed by atoms with Crippen molar-refractivity contribution in [2.24, 2.45) is 0 Å². The lowest BCUT2D eigenvalue weighted by molar-refractivity contribution is 0.0773. The van der Waals surface area contributed by atoms with Gasteiger partial charge in [0.25, 0.3) is 5.91 Å². The van der Waals surface area contributed by atoms with E-state index in [0.29, 0.717) is 6.04 Å². The molecule has 0 radical (unpaired) electrons. The van der Waals surface area contributed by atoms with Gasteiger partial charge in [0, 0.05) is 50.0 Å². The van der Waals surface area contributed by atoms with E-state index in [2.05, 4.69) is 59.2 Å². The van der Waals surface area contributed by atoms with E-state index in [9.17, 15) is 4.79 Å². The van der Waals surface area contributed by atoms with E-state index in [1.807, 2.05) is 30.9 Å². The maximum Gasteiger partial charge on any atom is 0.253 e. The second kappa shape index (κ2) is 11.2. The van der Waals surface area contributed by atoms with Crippen LogP contribution in [0.15, 0.2) is 54.6 Å². The van der Waals surface area contributed by atoms with E-state index >= 15 is 0 Å². The van der Waals surface area contributed by atoms with Crippen LogP contribution in [0.5, 0.6) is 0 Å². The molecule has 1 heterocycles. The van der Waals surface area contributed by atoms with Crippen LogP contribution in [0.25, 0.3) is 0 Å². The summed E-state index contributed by atoms with van der Waals surface area (Å²) in [5.74, 6) is 0.124.